The average molecular weight is 237 g/mol. The highest BCUT2D eigenvalue weighted by Gasteiger charge is 2.38. The van der Waals surface area contributed by atoms with Crippen molar-refractivity contribution in [2.24, 2.45) is 16.7 Å². The predicted molar refractivity (Wildman–Crippen MR) is 70.6 cm³/mol. The largest absolute Gasteiger partial charge is 0.382 e. The van der Waals surface area contributed by atoms with Crippen LogP contribution in [0.25, 0.3) is 0 Å². The Morgan fingerprint density at radius 2 is 1.88 bits per heavy atom. The van der Waals surface area contributed by atoms with Crippen LogP contribution in [-0.2, 0) is 4.74 Å². The second-order valence-corrected chi connectivity index (χ2v) is 6.48. The zero-order valence-electron chi connectivity index (χ0n) is 11.9. The molecule has 0 amide bonds. The number of nitriles is 1. The van der Waals surface area contributed by atoms with Crippen molar-refractivity contribution in [3.8, 4) is 6.07 Å². The Kier molecular flexibility index (Phi) is 5.01. The van der Waals surface area contributed by atoms with E-state index in [0.717, 1.165) is 38.4 Å². The van der Waals surface area contributed by atoms with Gasteiger partial charge in [0.25, 0.3) is 0 Å². The fourth-order valence-corrected chi connectivity index (χ4v) is 2.87. The maximum absolute atomic E-state index is 9.42. The molecule has 1 aliphatic carbocycles. The molecule has 0 bridgehead atoms. The standard InChI is InChI=1S/C15H27NO/c1-5-17-11-10-15(12-16)8-6-13(7-9-15)14(2,3)4/h13H,5-11H2,1-4H3. The molecule has 1 fully saturated rings. The molecule has 0 N–H and O–H groups in total. The first-order chi connectivity index (χ1) is 7.93. The molecule has 0 radical (unpaired) electrons. The van der Waals surface area contributed by atoms with E-state index in [1.54, 1.807) is 0 Å². The monoisotopic (exact) mass is 237 g/mol. The Morgan fingerprint density at radius 1 is 1.29 bits per heavy atom. The van der Waals surface area contributed by atoms with Crippen LogP contribution >= 0.6 is 0 Å². The van der Waals surface area contributed by atoms with Crippen LogP contribution in [-0.4, -0.2) is 13.2 Å². The van der Waals surface area contributed by atoms with Crippen LogP contribution < -0.4 is 0 Å². The van der Waals surface area contributed by atoms with E-state index in [4.69, 9.17) is 4.74 Å². The van der Waals surface area contributed by atoms with Crippen molar-refractivity contribution in [3.63, 3.8) is 0 Å². The van der Waals surface area contributed by atoms with Gasteiger partial charge in [0.2, 0.25) is 0 Å². The number of ether oxygens (including phenoxy) is 1. The molecule has 0 aliphatic heterocycles. The van der Waals surface area contributed by atoms with E-state index in [1.807, 2.05) is 6.92 Å². The molecular formula is C15H27NO. The van der Waals surface area contributed by atoms with E-state index in [-0.39, 0.29) is 5.41 Å². The second kappa shape index (κ2) is 5.87. The van der Waals surface area contributed by atoms with Gasteiger partial charge in [-0.2, -0.15) is 5.26 Å². The Bertz CT molecular complexity index is 264. The van der Waals surface area contributed by atoms with Gasteiger partial charge < -0.3 is 4.74 Å². The van der Waals surface area contributed by atoms with Gasteiger partial charge in [0.15, 0.2) is 0 Å². The molecule has 0 saturated heterocycles. The zero-order chi connectivity index (χ0) is 12.9. The summed E-state index contributed by atoms with van der Waals surface area (Å²) in [5.41, 5.74) is 0.290. The van der Waals surface area contributed by atoms with Crippen LogP contribution in [0, 0.1) is 28.1 Å². The fourth-order valence-electron chi connectivity index (χ4n) is 2.87. The van der Waals surface area contributed by atoms with E-state index in [2.05, 4.69) is 26.8 Å². The molecule has 0 aromatic rings. The minimum absolute atomic E-state index is 0.100. The zero-order valence-corrected chi connectivity index (χ0v) is 11.9. The van der Waals surface area contributed by atoms with Crippen molar-refractivity contribution in [1.29, 1.82) is 5.26 Å². The molecule has 1 saturated carbocycles. The van der Waals surface area contributed by atoms with Gasteiger partial charge in [0, 0.05) is 13.2 Å². The van der Waals surface area contributed by atoms with Gasteiger partial charge in [-0.25, -0.2) is 0 Å². The minimum Gasteiger partial charge on any atom is -0.382 e. The van der Waals surface area contributed by atoms with Gasteiger partial charge in [-0.1, -0.05) is 20.8 Å². The molecule has 0 heterocycles. The molecule has 0 atom stereocenters. The van der Waals surface area contributed by atoms with Crippen molar-refractivity contribution >= 4 is 0 Å². The molecule has 1 rings (SSSR count). The van der Waals surface area contributed by atoms with Gasteiger partial charge in [-0.15, -0.1) is 0 Å². The fraction of sp³-hybridized carbons (Fsp3) is 0.933. The Hall–Kier alpha value is -0.550. The number of hydrogen-bond acceptors (Lipinski definition) is 2. The summed E-state index contributed by atoms with van der Waals surface area (Å²) in [5, 5.41) is 9.42. The summed E-state index contributed by atoms with van der Waals surface area (Å²) < 4.78 is 5.41. The quantitative estimate of drug-likeness (QED) is 0.688. The lowest BCUT2D eigenvalue weighted by Gasteiger charge is -2.40. The molecule has 0 unspecified atom stereocenters. The normalized spacial score (nSPS) is 29.9. The lowest BCUT2D eigenvalue weighted by molar-refractivity contribution is 0.0753. The summed E-state index contributed by atoms with van der Waals surface area (Å²) in [7, 11) is 0. The van der Waals surface area contributed by atoms with Gasteiger partial charge >= 0.3 is 0 Å². The van der Waals surface area contributed by atoms with Crippen molar-refractivity contribution in [2.45, 2.75) is 59.8 Å². The van der Waals surface area contributed by atoms with Gasteiger partial charge in [-0.05, 0) is 50.4 Å². The van der Waals surface area contributed by atoms with Gasteiger partial charge in [0.05, 0.1) is 11.5 Å². The first kappa shape index (κ1) is 14.5. The summed E-state index contributed by atoms with van der Waals surface area (Å²) in [5.74, 6) is 0.774. The van der Waals surface area contributed by atoms with Crippen molar-refractivity contribution in [2.75, 3.05) is 13.2 Å². The van der Waals surface area contributed by atoms with E-state index >= 15 is 0 Å². The number of nitrogens with zero attached hydrogens (tertiary/aromatic N) is 1. The van der Waals surface area contributed by atoms with Crippen LogP contribution in [0.3, 0.4) is 0 Å². The topological polar surface area (TPSA) is 33.0 Å². The van der Waals surface area contributed by atoms with Crippen LogP contribution in [0.15, 0.2) is 0 Å². The highest BCUT2D eigenvalue weighted by Crippen LogP contribution is 2.46. The van der Waals surface area contributed by atoms with Gasteiger partial charge in [-0.3, -0.25) is 0 Å². The second-order valence-electron chi connectivity index (χ2n) is 6.48. The first-order valence-corrected chi connectivity index (χ1v) is 6.92. The highest BCUT2D eigenvalue weighted by molar-refractivity contribution is 5.02. The van der Waals surface area contributed by atoms with E-state index < -0.39 is 0 Å². The molecule has 2 nitrogen and oxygen atoms in total. The lowest BCUT2D eigenvalue weighted by atomic mass is 9.63. The van der Waals surface area contributed by atoms with Crippen LogP contribution in [0.5, 0.6) is 0 Å². The SMILES string of the molecule is CCOCCC1(C#N)CCC(C(C)(C)C)CC1. The summed E-state index contributed by atoms with van der Waals surface area (Å²) in [6.07, 6.45) is 5.41. The first-order valence-electron chi connectivity index (χ1n) is 6.92. The van der Waals surface area contributed by atoms with Gasteiger partial charge in [0.1, 0.15) is 0 Å². The van der Waals surface area contributed by atoms with E-state index in [1.165, 1.54) is 12.8 Å². The lowest BCUT2D eigenvalue weighted by Crippen LogP contribution is -2.32. The van der Waals surface area contributed by atoms with Crippen LogP contribution in [0.2, 0.25) is 0 Å². The van der Waals surface area contributed by atoms with E-state index in [0.29, 0.717) is 5.41 Å². The van der Waals surface area contributed by atoms with Crippen LogP contribution in [0.1, 0.15) is 59.8 Å². The molecule has 98 valence electrons. The number of hydrogen-bond donors (Lipinski definition) is 0. The molecule has 0 aromatic heterocycles. The van der Waals surface area contributed by atoms with Crippen LogP contribution in [0.4, 0.5) is 0 Å². The molecule has 0 aromatic carbocycles. The molecule has 0 spiro atoms. The molecule has 1 aliphatic rings. The Balaban J connectivity index is 2.49. The third-order valence-electron chi connectivity index (χ3n) is 4.33. The molecular weight excluding hydrogens is 210 g/mol. The summed E-state index contributed by atoms with van der Waals surface area (Å²) in [6, 6.07) is 2.57. The third kappa shape index (κ3) is 4.00. The molecule has 17 heavy (non-hydrogen) atoms. The smallest absolute Gasteiger partial charge is 0.0690 e. The number of rotatable bonds is 4. The maximum Gasteiger partial charge on any atom is 0.0690 e. The van der Waals surface area contributed by atoms with Crippen molar-refractivity contribution in [3.05, 3.63) is 0 Å². The Morgan fingerprint density at radius 3 is 2.29 bits per heavy atom. The minimum atomic E-state index is -0.100. The summed E-state index contributed by atoms with van der Waals surface area (Å²) >= 11 is 0. The Labute approximate surface area is 106 Å². The summed E-state index contributed by atoms with van der Waals surface area (Å²) in [6.45, 7) is 10.5. The van der Waals surface area contributed by atoms with Crippen molar-refractivity contribution < 1.29 is 4.74 Å². The third-order valence-corrected chi connectivity index (χ3v) is 4.33. The average Bonchev–Trinajstić information content (AvgIpc) is 2.29. The summed E-state index contributed by atoms with van der Waals surface area (Å²) in [4.78, 5) is 0. The maximum atomic E-state index is 9.42. The van der Waals surface area contributed by atoms with Crippen molar-refractivity contribution in [1.82, 2.24) is 0 Å². The predicted octanol–water partition coefficient (Wildman–Crippen LogP) is 4.16. The highest BCUT2D eigenvalue weighted by atomic mass is 16.5. The van der Waals surface area contributed by atoms with E-state index in [9.17, 15) is 5.26 Å². The molecule has 2 heteroatoms.